The molecule has 0 heterocycles. The van der Waals surface area contributed by atoms with Gasteiger partial charge in [-0.05, 0) is 38.5 Å². The van der Waals surface area contributed by atoms with Crippen LogP contribution < -0.4 is 10.1 Å². The predicted molar refractivity (Wildman–Crippen MR) is 74.5 cm³/mol. The molecule has 0 saturated heterocycles. The van der Waals surface area contributed by atoms with Crippen molar-refractivity contribution in [3.63, 3.8) is 0 Å². The zero-order valence-electron chi connectivity index (χ0n) is 10.9. The van der Waals surface area contributed by atoms with Crippen molar-refractivity contribution in [2.45, 2.75) is 31.7 Å². The zero-order chi connectivity index (χ0) is 13.9. The second-order valence-electron chi connectivity index (χ2n) is 5.00. The van der Waals surface area contributed by atoms with E-state index in [0.717, 1.165) is 0 Å². The second-order valence-corrected chi connectivity index (χ2v) is 5.84. The molecule has 0 saturated carbocycles. The highest BCUT2D eigenvalue weighted by molar-refractivity contribution is 6.33. The van der Waals surface area contributed by atoms with Crippen LogP contribution in [0.2, 0.25) is 5.02 Å². The minimum Gasteiger partial charge on any atom is -0.495 e. The Kier molecular flexibility index (Phi) is 4.88. The Bertz CT molecular complexity index is 441. The van der Waals surface area contributed by atoms with E-state index in [9.17, 15) is 4.79 Å². The number of hydrogen-bond acceptors (Lipinski definition) is 2. The molecule has 1 rings (SSSR count). The number of methoxy groups -OCH3 is 1. The molecule has 18 heavy (non-hydrogen) atoms. The molecule has 0 fully saturated rings. The molecule has 1 atom stereocenters. The Hall–Kier alpha value is -0.930. The lowest BCUT2D eigenvalue weighted by Gasteiger charge is -2.22. The molecule has 0 bridgehead atoms. The average Bonchev–Trinajstić information content (AvgIpc) is 2.25. The molecule has 1 unspecified atom stereocenters. The maximum atomic E-state index is 11.9. The van der Waals surface area contributed by atoms with E-state index in [2.05, 4.69) is 5.32 Å². The number of halogens is 2. The van der Waals surface area contributed by atoms with Crippen molar-refractivity contribution in [3.05, 3.63) is 28.8 Å². The van der Waals surface area contributed by atoms with Crippen LogP contribution in [0.3, 0.4) is 0 Å². The smallest absolute Gasteiger partial charge is 0.243 e. The highest BCUT2D eigenvalue weighted by atomic mass is 35.5. The number of carbonyl (C=O) groups is 1. The molecule has 0 aliphatic carbocycles. The first-order valence-corrected chi connectivity index (χ1v) is 6.35. The van der Waals surface area contributed by atoms with Gasteiger partial charge >= 0.3 is 0 Å². The van der Waals surface area contributed by atoms with Gasteiger partial charge in [-0.3, -0.25) is 4.79 Å². The molecule has 0 aromatic heterocycles. The van der Waals surface area contributed by atoms with Crippen LogP contribution in [0.15, 0.2) is 18.2 Å². The monoisotopic (exact) mass is 289 g/mol. The fraction of sp³-hybridized carbons (Fsp3) is 0.462. The van der Waals surface area contributed by atoms with Gasteiger partial charge in [-0.2, -0.15) is 0 Å². The summed E-state index contributed by atoms with van der Waals surface area (Å²) in [5, 5.41) is 2.48. The van der Waals surface area contributed by atoms with E-state index in [0.29, 0.717) is 16.3 Å². The number of ether oxygens (including phenoxy) is 1. The first-order chi connectivity index (χ1) is 8.24. The van der Waals surface area contributed by atoms with Crippen molar-refractivity contribution in [2.75, 3.05) is 7.11 Å². The topological polar surface area (TPSA) is 38.3 Å². The van der Waals surface area contributed by atoms with E-state index < -0.39 is 5.38 Å². The van der Waals surface area contributed by atoms with Gasteiger partial charge in [0.05, 0.1) is 12.1 Å². The Morgan fingerprint density at radius 2 is 2.00 bits per heavy atom. The predicted octanol–water partition coefficient (Wildman–Crippen LogP) is 3.54. The van der Waals surface area contributed by atoms with Crippen LogP contribution in [-0.2, 0) is 4.79 Å². The third kappa shape index (κ3) is 4.07. The van der Waals surface area contributed by atoms with E-state index >= 15 is 0 Å². The quantitative estimate of drug-likeness (QED) is 0.865. The molecule has 100 valence electrons. The second kappa shape index (κ2) is 5.81. The van der Waals surface area contributed by atoms with Crippen molar-refractivity contribution in [1.29, 1.82) is 0 Å². The third-order valence-corrected chi connectivity index (χ3v) is 2.94. The van der Waals surface area contributed by atoms with Crippen LogP contribution in [-0.4, -0.2) is 18.6 Å². The lowest BCUT2D eigenvalue weighted by Crippen LogP contribution is -2.42. The largest absolute Gasteiger partial charge is 0.495 e. The van der Waals surface area contributed by atoms with Gasteiger partial charge in [-0.15, -0.1) is 11.6 Å². The molecule has 1 aromatic carbocycles. The van der Waals surface area contributed by atoms with Crippen LogP contribution in [0.25, 0.3) is 0 Å². The minimum absolute atomic E-state index is 0.245. The lowest BCUT2D eigenvalue weighted by atomic mass is 10.1. The van der Waals surface area contributed by atoms with Crippen LogP contribution in [0, 0.1) is 0 Å². The Balaban J connectivity index is 2.87. The van der Waals surface area contributed by atoms with E-state index in [4.69, 9.17) is 27.9 Å². The molecule has 0 radical (unpaired) electrons. The molecule has 1 amide bonds. The van der Waals surface area contributed by atoms with Gasteiger partial charge in [-0.25, -0.2) is 0 Å². The number of alkyl halides is 1. The maximum absolute atomic E-state index is 11.9. The summed E-state index contributed by atoms with van der Waals surface area (Å²) in [6.45, 7) is 5.69. The van der Waals surface area contributed by atoms with E-state index in [-0.39, 0.29) is 11.4 Å². The molecule has 5 heteroatoms. The van der Waals surface area contributed by atoms with Crippen LogP contribution in [0.4, 0.5) is 0 Å². The Labute approximate surface area is 117 Å². The molecular weight excluding hydrogens is 273 g/mol. The van der Waals surface area contributed by atoms with Gasteiger partial charge in [0.15, 0.2) is 0 Å². The van der Waals surface area contributed by atoms with E-state index in [1.54, 1.807) is 18.2 Å². The summed E-state index contributed by atoms with van der Waals surface area (Å²) >= 11 is 12.1. The number of rotatable bonds is 3. The van der Waals surface area contributed by atoms with Gasteiger partial charge in [-0.1, -0.05) is 17.7 Å². The molecule has 3 nitrogen and oxygen atoms in total. The van der Waals surface area contributed by atoms with Crippen LogP contribution in [0.5, 0.6) is 5.75 Å². The molecule has 0 aliphatic heterocycles. The fourth-order valence-corrected chi connectivity index (χ4v) is 1.88. The molecule has 0 aliphatic rings. The number of carbonyl (C=O) groups excluding carboxylic acids is 1. The number of benzene rings is 1. The molecule has 0 spiro atoms. The average molecular weight is 290 g/mol. The first kappa shape index (κ1) is 15.1. The van der Waals surface area contributed by atoms with Gasteiger partial charge in [0.25, 0.3) is 0 Å². The third-order valence-electron chi connectivity index (χ3n) is 2.20. The first-order valence-electron chi connectivity index (χ1n) is 5.54. The van der Waals surface area contributed by atoms with Gasteiger partial charge in [0.2, 0.25) is 5.91 Å². The van der Waals surface area contributed by atoms with Gasteiger partial charge in [0, 0.05) is 5.54 Å². The fourth-order valence-electron chi connectivity index (χ4n) is 1.42. The number of amides is 1. The van der Waals surface area contributed by atoms with Gasteiger partial charge in [0.1, 0.15) is 11.1 Å². The van der Waals surface area contributed by atoms with Crippen molar-refractivity contribution in [1.82, 2.24) is 5.32 Å². The highest BCUT2D eigenvalue weighted by Gasteiger charge is 2.22. The summed E-state index contributed by atoms with van der Waals surface area (Å²) in [6, 6.07) is 5.06. The SMILES string of the molecule is COc1ccc(C(Cl)C(=O)NC(C)(C)C)cc1Cl. The maximum Gasteiger partial charge on any atom is 0.243 e. The van der Waals surface area contributed by atoms with Crippen molar-refractivity contribution >= 4 is 29.1 Å². The normalized spacial score (nSPS) is 13.0. The van der Waals surface area contributed by atoms with Gasteiger partial charge < -0.3 is 10.1 Å². The summed E-state index contributed by atoms with van der Waals surface area (Å²) in [5.74, 6) is 0.311. The Morgan fingerprint density at radius 1 is 1.39 bits per heavy atom. The zero-order valence-corrected chi connectivity index (χ0v) is 12.4. The van der Waals surface area contributed by atoms with Crippen molar-refractivity contribution < 1.29 is 9.53 Å². The summed E-state index contributed by atoms with van der Waals surface area (Å²) in [6.07, 6.45) is 0. The van der Waals surface area contributed by atoms with E-state index in [1.807, 2.05) is 20.8 Å². The standard InChI is InChI=1S/C13H17Cl2NO2/c1-13(2,3)16-12(17)11(15)8-5-6-10(18-4)9(14)7-8/h5-7,11H,1-4H3,(H,16,17). The molecule has 1 N–H and O–H groups in total. The van der Waals surface area contributed by atoms with E-state index in [1.165, 1.54) is 7.11 Å². The molecular formula is C13H17Cl2NO2. The lowest BCUT2D eigenvalue weighted by molar-refractivity contribution is -0.122. The van der Waals surface area contributed by atoms with Crippen LogP contribution in [0.1, 0.15) is 31.7 Å². The summed E-state index contributed by atoms with van der Waals surface area (Å²) < 4.78 is 5.05. The highest BCUT2D eigenvalue weighted by Crippen LogP contribution is 2.30. The number of nitrogens with one attached hydrogen (secondary N) is 1. The van der Waals surface area contributed by atoms with Crippen molar-refractivity contribution in [3.8, 4) is 5.75 Å². The van der Waals surface area contributed by atoms with Crippen LogP contribution >= 0.6 is 23.2 Å². The summed E-state index contributed by atoms with van der Waals surface area (Å²) in [5.41, 5.74) is 0.324. The molecule has 1 aromatic rings. The number of hydrogen-bond donors (Lipinski definition) is 1. The van der Waals surface area contributed by atoms with Crippen molar-refractivity contribution in [2.24, 2.45) is 0 Å². The Morgan fingerprint density at radius 3 is 2.44 bits per heavy atom. The minimum atomic E-state index is -0.771. The summed E-state index contributed by atoms with van der Waals surface area (Å²) in [7, 11) is 1.53. The summed E-state index contributed by atoms with van der Waals surface area (Å²) in [4.78, 5) is 11.9.